The number of hydrogen-bond acceptors (Lipinski definition) is 4. The zero-order valence-electron chi connectivity index (χ0n) is 9.33. The highest BCUT2D eigenvalue weighted by Crippen LogP contribution is 2.11. The smallest absolute Gasteiger partial charge is 0.224 e. The minimum Gasteiger partial charge on any atom is -0.361 e. The van der Waals surface area contributed by atoms with E-state index in [1.165, 1.54) is 0 Å². The molecule has 5 nitrogen and oxygen atoms in total. The van der Waals surface area contributed by atoms with Crippen LogP contribution in [0.3, 0.4) is 0 Å². The van der Waals surface area contributed by atoms with Crippen molar-refractivity contribution in [3.63, 3.8) is 0 Å². The van der Waals surface area contributed by atoms with Crippen LogP contribution in [-0.4, -0.2) is 17.6 Å². The zero-order chi connectivity index (χ0) is 11.4. The summed E-state index contributed by atoms with van der Waals surface area (Å²) in [6.07, 6.45) is 0. The number of hydrogen-bond donors (Lipinski definition) is 2. The Morgan fingerprint density at radius 1 is 1.60 bits per heavy atom. The van der Waals surface area contributed by atoms with Crippen LogP contribution in [0.5, 0.6) is 0 Å². The maximum absolute atomic E-state index is 11.4. The fraction of sp³-hybridized carbons (Fsp3) is 0.600. The lowest BCUT2D eigenvalue weighted by atomic mass is 10.1. The molecule has 1 aromatic rings. The number of amides is 1. The third kappa shape index (κ3) is 2.79. The Labute approximate surface area is 89.0 Å². The zero-order valence-corrected chi connectivity index (χ0v) is 9.33. The number of carbonyl (C=O) groups is 1. The molecule has 5 heteroatoms. The van der Waals surface area contributed by atoms with Gasteiger partial charge in [0.15, 0.2) is 0 Å². The highest BCUT2D eigenvalue weighted by atomic mass is 16.5. The molecule has 3 N–H and O–H groups in total. The van der Waals surface area contributed by atoms with Gasteiger partial charge in [-0.2, -0.15) is 0 Å². The highest BCUT2D eigenvalue weighted by Gasteiger charge is 2.13. The lowest BCUT2D eigenvalue weighted by Gasteiger charge is -2.09. The number of nitrogens with one attached hydrogen (secondary N) is 1. The van der Waals surface area contributed by atoms with Crippen molar-refractivity contribution in [1.29, 1.82) is 0 Å². The molecule has 0 saturated carbocycles. The minimum absolute atomic E-state index is 0.0440. The molecule has 1 unspecified atom stereocenters. The molecule has 0 saturated heterocycles. The molecule has 0 bridgehead atoms. The molecule has 0 aliphatic heterocycles. The summed E-state index contributed by atoms with van der Waals surface area (Å²) in [5, 5.41) is 6.61. The Kier molecular flexibility index (Phi) is 3.85. The lowest BCUT2D eigenvalue weighted by Crippen LogP contribution is -2.32. The van der Waals surface area contributed by atoms with E-state index in [4.69, 9.17) is 10.3 Å². The molecule has 0 aromatic carbocycles. The molecular weight excluding hydrogens is 194 g/mol. The van der Waals surface area contributed by atoms with Gasteiger partial charge >= 0.3 is 0 Å². The second-order valence-electron chi connectivity index (χ2n) is 3.66. The van der Waals surface area contributed by atoms with Crippen LogP contribution in [0.15, 0.2) is 4.52 Å². The molecule has 0 aliphatic carbocycles. The summed E-state index contributed by atoms with van der Waals surface area (Å²) in [7, 11) is 0. The van der Waals surface area contributed by atoms with Gasteiger partial charge in [-0.15, -0.1) is 0 Å². The maximum Gasteiger partial charge on any atom is 0.224 e. The van der Waals surface area contributed by atoms with Crippen molar-refractivity contribution in [2.75, 3.05) is 6.54 Å². The van der Waals surface area contributed by atoms with E-state index in [1.54, 1.807) is 6.92 Å². The van der Waals surface area contributed by atoms with Crippen LogP contribution in [0.2, 0.25) is 0 Å². The van der Waals surface area contributed by atoms with Gasteiger partial charge in [0, 0.05) is 24.6 Å². The van der Waals surface area contributed by atoms with Crippen molar-refractivity contribution in [3.8, 4) is 0 Å². The van der Waals surface area contributed by atoms with Gasteiger partial charge < -0.3 is 15.6 Å². The van der Waals surface area contributed by atoms with Gasteiger partial charge in [0.2, 0.25) is 5.91 Å². The Hall–Kier alpha value is -1.36. The summed E-state index contributed by atoms with van der Waals surface area (Å²) in [4.78, 5) is 11.4. The number of carbonyl (C=O) groups excluding carboxylic acids is 1. The van der Waals surface area contributed by atoms with Gasteiger partial charge in [0.1, 0.15) is 5.76 Å². The van der Waals surface area contributed by atoms with E-state index < -0.39 is 0 Å². The Morgan fingerprint density at radius 3 is 2.73 bits per heavy atom. The molecule has 84 valence electrons. The molecule has 0 radical (unpaired) electrons. The largest absolute Gasteiger partial charge is 0.361 e. The van der Waals surface area contributed by atoms with Crippen molar-refractivity contribution in [2.24, 2.45) is 11.7 Å². The predicted octanol–water partition coefficient (Wildman–Crippen LogP) is 0.502. The molecule has 0 fully saturated rings. The van der Waals surface area contributed by atoms with Crippen LogP contribution < -0.4 is 11.1 Å². The third-order valence-electron chi connectivity index (χ3n) is 2.42. The van der Waals surface area contributed by atoms with Gasteiger partial charge in [-0.25, -0.2) is 0 Å². The number of nitrogens with two attached hydrogens (primary N) is 1. The third-order valence-corrected chi connectivity index (χ3v) is 2.42. The maximum atomic E-state index is 11.4. The van der Waals surface area contributed by atoms with E-state index in [0.29, 0.717) is 13.1 Å². The van der Waals surface area contributed by atoms with Crippen molar-refractivity contribution in [1.82, 2.24) is 10.5 Å². The van der Waals surface area contributed by atoms with Crippen LogP contribution in [0.1, 0.15) is 23.9 Å². The Bertz CT molecular complexity index is 327. The van der Waals surface area contributed by atoms with Crippen molar-refractivity contribution in [2.45, 2.75) is 27.3 Å². The Morgan fingerprint density at radius 2 is 2.27 bits per heavy atom. The van der Waals surface area contributed by atoms with Crippen LogP contribution in [0.25, 0.3) is 0 Å². The van der Waals surface area contributed by atoms with Gasteiger partial charge in [0.05, 0.1) is 5.69 Å². The molecular formula is C10H17N3O2. The Balaban J connectivity index is 2.54. The second-order valence-corrected chi connectivity index (χ2v) is 3.66. The molecule has 1 atom stereocenters. The van der Waals surface area contributed by atoms with Crippen LogP contribution in [0, 0.1) is 19.8 Å². The fourth-order valence-corrected chi connectivity index (χ4v) is 1.21. The molecule has 15 heavy (non-hydrogen) atoms. The lowest BCUT2D eigenvalue weighted by molar-refractivity contribution is -0.124. The van der Waals surface area contributed by atoms with Crippen LogP contribution >= 0.6 is 0 Å². The van der Waals surface area contributed by atoms with E-state index in [0.717, 1.165) is 17.0 Å². The molecule has 1 heterocycles. The molecule has 1 rings (SSSR count). The van der Waals surface area contributed by atoms with E-state index in [1.807, 2.05) is 13.8 Å². The number of nitrogens with zero attached hydrogens (tertiary/aromatic N) is 1. The first-order valence-corrected chi connectivity index (χ1v) is 4.95. The van der Waals surface area contributed by atoms with Gasteiger partial charge in [-0.05, 0) is 13.8 Å². The monoisotopic (exact) mass is 211 g/mol. The van der Waals surface area contributed by atoms with Crippen molar-refractivity contribution in [3.05, 3.63) is 17.0 Å². The van der Waals surface area contributed by atoms with Gasteiger partial charge in [-0.3, -0.25) is 4.79 Å². The molecule has 0 spiro atoms. The first-order chi connectivity index (χ1) is 7.06. The summed E-state index contributed by atoms with van der Waals surface area (Å²) >= 11 is 0. The number of aromatic nitrogens is 1. The number of aryl methyl sites for hydroxylation is 2. The van der Waals surface area contributed by atoms with Crippen LogP contribution in [0.4, 0.5) is 0 Å². The number of rotatable bonds is 4. The topological polar surface area (TPSA) is 81.2 Å². The van der Waals surface area contributed by atoms with Crippen LogP contribution in [-0.2, 0) is 11.3 Å². The van der Waals surface area contributed by atoms with Crippen molar-refractivity contribution >= 4 is 5.91 Å². The first kappa shape index (κ1) is 11.7. The average Bonchev–Trinajstić information content (AvgIpc) is 2.54. The molecule has 1 amide bonds. The summed E-state index contributed by atoms with van der Waals surface area (Å²) in [5.74, 6) is 0.538. The SMILES string of the molecule is Cc1noc(C)c1CNC(=O)C(C)CN. The summed E-state index contributed by atoms with van der Waals surface area (Å²) in [5.41, 5.74) is 7.14. The molecule has 1 aromatic heterocycles. The van der Waals surface area contributed by atoms with E-state index in [-0.39, 0.29) is 11.8 Å². The fourth-order valence-electron chi connectivity index (χ4n) is 1.21. The predicted molar refractivity (Wildman–Crippen MR) is 56.0 cm³/mol. The first-order valence-electron chi connectivity index (χ1n) is 4.95. The average molecular weight is 211 g/mol. The normalized spacial score (nSPS) is 12.5. The van der Waals surface area contributed by atoms with E-state index in [9.17, 15) is 4.79 Å². The van der Waals surface area contributed by atoms with E-state index >= 15 is 0 Å². The standard InChI is InChI=1S/C10H17N3O2/c1-6(4-11)10(14)12-5-9-7(2)13-15-8(9)3/h6H,4-5,11H2,1-3H3,(H,12,14). The van der Waals surface area contributed by atoms with Gasteiger partial charge in [-0.1, -0.05) is 12.1 Å². The minimum atomic E-state index is -0.162. The highest BCUT2D eigenvalue weighted by molar-refractivity contribution is 5.78. The summed E-state index contributed by atoms with van der Waals surface area (Å²) in [6.45, 7) is 6.28. The quantitative estimate of drug-likeness (QED) is 0.760. The summed E-state index contributed by atoms with van der Waals surface area (Å²) < 4.78 is 4.99. The van der Waals surface area contributed by atoms with E-state index in [2.05, 4.69) is 10.5 Å². The van der Waals surface area contributed by atoms with Crippen molar-refractivity contribution < 1.29 is 9.32 Å². The second kappa shape index (κ2) is 4.93. The summed E-state index contributed by atoms with van der Waals surface area (Å²) in [6, 6.07) is 0. The van der Waals surface area contributed by atoms with Gasteiger partial charge in [0.25, 0.3) is 0 Å². The molecule has 0 aliphatic rings.